The fourth-order valence-electron chi connectivity index (χ4n) is 2.08. The van der Waals surface area contributed by atoms with Gasteiger partial charge >= 0.3 is 12.1 Å². The largest absolute Gasteiger partial charge is 0.456 e. The number of ketones is 1. The van der Waals surface area contributed by atoms with Crippen LogP contribution in [-0.2, 0) is 25.7 Å². The van der Waals surface area contributed by atoms with E-state index in [2.05, 4.69) is 10.6 Å². The molecule has 2 rings (SSSR count). The van der Waals surface area contributed by atoms with Gasteiger partial charge in [-0.3, -0.25) is 14.4 Å². The van der Waals surface area contributed by atoms with Crippen molar-refractivity contribution in [3.63, 3.8) is 0 Å². The number of alkyl carbamates (subject to hydrolysis) is 1. The smallest absolute Gasteiger partial charge is 0.407 e. The van der Waals surface area contributed by atoms with Crippen LogP contribution < -0.4 is 10.6 Å². The van der Waals surface area contributed by atoms with Gasteiger partial charge in [0.25, 0.3) is 0 Å². The molecule has 0 aliphatic rings. The van der Waals surface area contributed by atoms with Gasteiger partial charge < -0.3 is 20.1 Å². The molecule has 0 saturated carbocycles. The van der Waals surface area contributed by atoms with Crippen molar-refractivity contribution in [3.05, 3.63) is 71.5 Å². The van der Waals surface area contributed by atoms with Crippen LogP contribution in [0.2, 0.25) is 0 Å². The number of carbonyl (C=O) groups excluding carboxylic acids is 4. The van der Waals surface area contributed by atoms with Gasteiger partial charge in [-0.15, -0.1) is 0 Å². The minimum absolute atomic E-state index is 0.0582. The van der Waals surface area contributed by atoms with Crippen molar-refractivity contribution in [2.75, 3.05) is 19.7 Å². The Morgan fingerprint density at radius 1 is 0.828 bits per heavy atom. The zero-order valence-corrected chi connectivity index (χ0v) is 15.4. The van der Waals surface area contributed by atoms with E-state index in [1.165, 1.54) is 12.1 Å². The lowest BCUT2D eigenvalue weighted by molar-refractivity contribution is -0.142. The molecule has 0 atom stereocenters. The Morgan fingerprint density at radius 3 is 2.21 bits per heavy atom. The molecule has 0 radical (unpaired) electrons. The Kier molecular flexibility index (Phi) is 8.30. The van der Waals surface area contributed by atoms with Gasteiger partial charge in [0.05, 0.1) is 0 Å². The number of amides is 2. The first-order valence-corrected chi connectivity index (χ1v) is 8.59. The second-order valence-corrected chi connectivity index (χ2v) is 5.78. The Labute approximate surface area is 166 Å². The van der Waals surface area contributed by atoms with Crippen LogP contribution in [0.1, 0.15) is 15.9 Å². The van der Waals surface area contributed by atoms with Crippen LogP contribution in [0.15, 0.2) is 54.6 Å². The third kappa shape index (κ3) is 8.21. The number of halogens is 1. The lowest BCUT2D eigenvalue weighted by Gasteiger charge is -2.08. The van der Waals surface area contributed by atoms with Crippen LogP contribution >= 0.6 is 0 Å². The Morgan fingerprint density at radius 2 is 1.52 bits per heavy atom. The third-order valence-corrected chi connectivity index (χ3v) is 3.57. The molecule has 0 heterocycles. The van der Waals surface area contributed by atoms with E-state index in [4.69, 9.17) is 9.47 Å². The van der Waals surface area contributed by atoms with Crippen molar-refractivity contribution < 1.29 is 33.0 Å². The number of ether oxygens (including phenoxy) is 2. The van der Waals surface area contributed by atoms with Crippen LogP contribution in [0.5, 0.6) is 0 Å². The van der Waals surface area contributed by atoms with Gasteiger partial charge in [0.2, 0.25) is 5.91 Å². The number of hydrogen-bond acceptors (Lipinski definition) is 6. The number of Topliss-reactive ketones (excluding diaryl/α,β-unsaturated/α-hetero) is 1. The van der Waals surface area contributed by atoms with Gasteiger partial charge in [-0.1, -0.05) is 30.3 Å². The van der Waals surface area contributed by atoms with Gasteiger partial charge in [0.1, 0.15) is 25.5 Å². The third-order valence-electron chi connectivity index (χ3n) is 3.57. The van der Waals surface area contributed by atoms with Gasteiger partial charge in [0.15, 0.2) is 12.4 Å². The fraction of sp³-hybridized carbons (Fsp3) is 0.200. The number of benzene rings is 2. The summed E-state index contributed by atoms with van der Waals surface area (Å²) in [6, 6.07) is 13.8. The van der Waals surface area contributed by atoms with E-state index in [9.17, 15) is 23.6 Å². The fourth-order valence-corrected chi connectivity index (χ4v) is 2.08. The SMILES string of the molecule is O=C(CNC(=O)OCc1ccccc1)NCC(=O)OCC(=O)c1ccc(F)cc1. The van der Waals surface area contributed by atoms with E-state index < -0.39 is 49.3 Å². The summed E-state index contributed by atoms with van der Waals surface area (Å²) in [5.74, 6) is -2.46. The van der Waals surface area contributed by atoms with Crippen molar-refractivity contribution in [2.45, 2.75) is 6.61 Å². The Bertz CT molecular complexity index is 855. The quantitative estimate of drug-likeness (QED) is 0.487. The Balaban J connectivity index is 1.59. The van der Waals surface area contributed by atoms with Crippen molar-refractivity contribution in [2.24, 2.45) is 0 Å². The maximum Gasteiger partial charge on any atom is 0.407 e. The van der Waals surface area contributed by atoms with E-state index in [-0.39, 0.29) is 12.2 Å². The highest BCUT2D eigenvalue weighted by molar-refractivity contribution is 5.98. The second-order valence-electron chi connectivity index (χ2n) is 5.78. The summed E-state index contributed by atoms with van der Waals surface area (Å²) in [4.78, 5) is 46.5. The van der Waals surface area contributed by atoms with E-state index >= 15 is 0 Å². The van der Waals surface area contributed by atoms with E-state index in [0.29, 0.717) is 0 Å². The highest BCUT2D eigenvalue weighted by Gasteiger charge is 2.12. The molecule has 0 fully saturated rings. The highest BCUT2D eigenvalue weighted by atomic mass is 19.1. The van der Waals surface area contributed by atoms with Crippen LogP contribution in [0, 0.1) is 5.82 Å². The summed E-state index contributed by atoms with van der Waals surface area (Å²) < 4.78 is 22.5. The molecule has 2 aromatic rings. The first-order valence-electron chi connectivity index (χ1n) is 8.59. The lowest BCUT2D eigenvalue weighted by Crippen LogP contribution is -2.39. The topological polar surface area (TPSA) is 111 Å². The van der Waals surface area contributed by atoms with Gasteiger partial charge in [-0.25, -0.2) is 9.18 Å². The van der Waals surface area contributed by atoms with Crippen molar-refractivity contribution in [1.82, 2.24) is 10.6 Å². The molecule has 0 saturated heterocycles. The Hall–Kier alpha value is -3.75. The molecule has 0 unspecified atom stereocenters. The molecule has 2 N–H and O–H groups in total. The first kappa shape index (κ1) is 21.5. The molecule has 0 aliphatic heterocycles. The highest BCUT2D eigenvalue weighted by Crippen LogP contribution is 2.04. The molecule has 2 aromatic carbocycles. The molecular formula is C20H19FN2O6. The number of hydrogen-bond donors (Lipinski definition) is 2. The predicted octanol–water partition coefficient (Wildman–Crippen LogP) is 1.59. The van der Waals surface area contributed by atoms with Gasteiger partial charge in [0, 0.05) is 5.56 Å². The summed E-state index contributed by atoms with van der Waals surface area (Å²) in [5, 5.41) is 4.48. The molecule has 0 aromatic heterocycles. The molecule has 0 bridgehead atoms. The predicted molar refractivity (Wildman–Crippen MR) is 99.3 cm³/mol. The number of rotatable bonds is 9. The standard InChI is InChI=1S/C20H19FN2O6/c21-16-8-6-15(7-9-16)17(24)13-28-19(26)11-22-18(25)10-23-20(27)29-12-14-4-2-1-3-5-14/h1-9H,10-13H2,(H,22,25)(H,23,27). The summed E-state index contributed by atoms with van der Waals surface area (Å²) in [5.41, 5.74) is 0.992. The van der Waals surface area contributed by atoms with Crippen LogP contribution in [-0.4, -0.2) is 43.4 Å². The van der Waals surface area contributed by atoms with Crippen molar-refractivity contribution in [1.29, 1.82) is 0 Å². The lowest BCUT2D eigenvalue weighted by atomic mass is 10.1. The van der Waals surface area contributed by atoms with E-state index in [1.54, 1.807) is 24.3 Å². The van der Waals surface area contributed by atoms with Crippen molar-refractivity contribution in [3.8, 4) is 0 Å². The molecule has 0 spiro atoms. The molecule has 0 aliphatic carbocycles. The number of nitrogens with one attached hydrogen (secondary N) is 2. The molecule has 152 valence electrons. The monoisotopic (exact) mass is 402 g/mol. The molecule has 8 nitrogen and oxygen atoms in total. The zero-order valence-electron chi connectivity index (χ0n) is 15.4. The summed E-state index contributed by atoms with van der Waals surface area (Å²) >= 11 is 0. The van der Waals surface area contributed by atoms with Crippen LogP contribution in [0.4, 0.5) is 9.18 Å². The van der Waals surface area contributed by atoms with Crippen LogP contribution in [0.3, 0.4) is 0 Å². The zero-order chi connectivity index (χ0) is 21.1. The van der Waals surface area contributed by atoms with Crippen molar-refractivity contribution >= 4 is 23.8 Å². The number of carbonyl (C=O) groups is 4. The van der Waals surface area contributed by atoms with E-state index in [0.717, 1.165) is 17.7 Å². The molecule has 9 heteroatoms. The van der Waals surface area contributed by atoms with E-state index in [1.807, 2.05) is 6.07 Å². The summed E-state index contributed by atoms with van der Waals surface area (Å²) in [7, 11) is 0. The molecule has 29 heavy (non-hydrogen) atoms. The van der Waals surface area contributed by atoms with Crippen LogP contribution in [0.25, 0.3) is 0 Å². The average molecular weight is 402 g/mol. The van der Waals surface area contributed by atoms with Gasteiger partial charge in [-0.2, -0.15) is 0 Å². The molecule has 2 amide bonds. The average Bonchev–Trinajstić information content (AvgIpc) is 2.74. The maximum atomic E-state index is 12.8. The number of esters is 1. The summed E-state index contributed by atoms with van der Waals surface area (Å²) in [6.45, 7) is -1.35. The second kappa shape index (κ2) is 11.2. The summed E-state index contributed by atoms with van der Waals surface area (Å²) in [6.07, 6.45) is -0.781. The normalized spacial score (nSPS) is 9.97. The maximum absolute atomic E-state index is 12.8. The first-order chi connectivity index (χ1) is 13.9. The minimum Gasteiger partial charge on any atom is -0.456 e. The minimum atomic E-state index is -0.833. The molecular weight excluding hydrogens is 383 g/mol. The van der Waals surface area contributed by atoms with Gasteiger partial charge in [-0.05, 0) is 29.8 Å².